The highest BCUT2D eigenvalue weighted by molar-refractivity contribution is 7.09. The van der Waals surface area contributed by atoms with Gasteiger partial charge >= 0.3 is 0 Å². The van der Waals surface area contributed by atoms with E-state index in [1.54, 1.807) is 23.8 Å². The molecule has 2 aliphatic rings. The first-order valence-electron chi connectivity index (χ1n) is 21.8. The third kappa shape index (κ3) is 24.0. The Labute approximate surface area is 359 Å². The van der Waals surface area contributed by atoms with Crippen LogP contribution in [0.4, 0.5) is 0 Å². The van der Waals surface area contributed by atoms with E-state index in [1.165, 1.54) is 46.5 Å². The predicted octanol–water partition coefficient (Wildman–Crippen LogP) is 16.6. The lowest BCUT2D eigenvalue weighted by molar-refractivity contribution is 0.235. The van der Waals surface area contributed by atoms with Crippen molar-refractivity contribution in [2.24, 2.45) is 22.7 Å². The van der Waals surface area contributed by atoms with E-state index in [1.807, 2.05) is 54.3 Å². The fourth-order valence-electron chi connectivity index (χ4n) is 5.39. The smallest absolute Gasteiger partial charge is 0.106 e. The van der Waals surface area contributed by atoms with Crippen molar-refractivity contribution in [1.29, 1.82) is 0 Å². The van der Waals surface area contributed by atoms with E-state index in [4.69, 9.17) is 4.42 Å². The van der Waals surface area contributed by atoms with Crippen molar-refractivity contribution in [1.82, 2.24) is 9.97 Å². The van der Waals surface area contributed by atoms with E-state index < -0.39 is 0 Å². The SMILES string of the molecule is CC(C)C1=CCN=C1.CC(C)C1CCC1.CC(C)c1ccccc1.CC(C)c1ccccc1.CC(C)c1cccnc1.CC(C)c1ccco1.CC(C)c1nccs1. The van der Waals surface area contributed by atoms with Gasteiger partial charge in [-0.3, -0.25) is 9.98 Å². The first-order valence-corrected chi connectivity index (χ1v) is 22.6. The first-order chi connectivity index (χ1) is 27.6. The normalized spacial score (nSPS) is 12.7. The second-order valence-electron chi connectivity index (χ2n) is 17.1. The molecule has 5 aromatic rings. The molecule has 0 N–H and O–H groups in total. The highest BCUT2D eigenvalue weighted by Crippen LogP contribution is 2.32. The van der Waals surface area contributed by atoms with E-state index in [2.05, 4.69) is 173 Å². The van der Waals surface area contributed by atoms with Gasteiger partial charge in [-0.2, -0.15) is 0 Å². The summed E-state index contributed by atoms with van der Waals surface area (Å²) >= 11 is 1.72. The maximum atomic E-state index is 5.09. The van der Waals surface area contributed by atoms with E-state index in [-0.39, 0.29) is 0 Å². The number of furan rings is 1. The molecule has 1 fully saturated rings. The van der Waals surface area contributed by atoms with E-state index in [0.29, 0.717) is 35.5 Å². The van der Waals surface area contributed by atoms with Gasteiger partial charge in [0, 0.05) is 42.0 Å². The van der Waals surface area contributed by atoms with Crippen LogP contribution in [0.5, 0.6) is 0 Å². The Morgan fingerprint density at radius 1 is 0.569 bits per heavy atom. The first kappa shape index (κ1) is 51.9. The molecule has 0 amide bonds. The molecule has 318 valence electrons. The zero-order chi connectivity index (χ0) is 43.3. The number of allylic oxidation sites excluding steroid dienone is 1. The Balaban J connectivity index is 0.000000339. The van der Waals surface area contributed by atoms with Crippen molar-refractivity contribution in [2.75, 3.05) is 6.54 Å². The van der Waals surface area contributed by atoms with Gasteiger partial charge in [-0.1, -0.05) is 189 Å². The molecular formula is C53H79N3OS. The Bertz CT molecular complexity index is 1540. The van der Waals surface area contributed by atoms with Crippen molar-refractivity contribution in [3.63, 3.8) is 0 Å². The molecule has 2 aromatic carbocycles. The zero-order valence-electron chi connectivity index (χ0n) is 38.7. The van der Waals surface area contributed by atoms with Gasteiger partial charge in [0.1, 0.15) is 5.76 Å². The number of thiazole rings is 1. The maximum Gasteiger partial charge on any atom is 0.106 e. The maximum absolute atomic E-state index is 5.09. The molecule has 0 radical (unpaired) electrons. The minimum Gasteiger partial charge on any atom is -0.469 e. The van der Waals surface area contributed by atoms with Gasteiger partial charge in [0.05, 0.1) is 17.8 Å². The van der Waals surface area contributed by atoms with Crippen molar-refractivity contribution < 1.29 is 4.42 Å². The number of benzene rings is 2. The fraction of sp³-hybridized carbons (Fsp3) is 0.491. The van der Waals surface area contributed by atoms with Crippen LogP contribution in [0.25, 0.3) is 0 Å². The van der Waals surface area contributed by atoms with Crippen LogP contribution in [0.2, 0.25) is 0 Å². The van der Waals surface area contributed by atoms with Gasteiger partial charge in [0.25, 0.3) is 0 Å². The zero-order valence-corrected chi connectivity index (χ0v) is 39.5. The Kier molecular flexibility index (Phi) is 27.7. The van der Waals surface area contributed by atoms with Crippen molar-refractivity contribution in [2.45, 2.75) is 146 Å². The molecule has 58 heavy (non-hydrogen) atoms. The molecule has 0 bridgehead atoms. The average Bonchev–Trinajstić information content (AvgIpc) is 4.02. The summed E-state index contributed by atoms with van der Waals surface area (Å²) in [4.78, 5) is 12.2. The number of nitrogens with zero attached hydrogens (tertiary/aromatic N) is 3. The van der Waals surface area contributed by atoms with Crippen molar-refractivity contribution in [3.05, 3.63) is 154 Å². The molecule has 0 spiro atoms. The van der Waals surface area contributed by atoms with Crippen LogP contribution in [0.15, 0.2) is 136 Å². The van der Waals surface area contributed by atoms with Gasteiger partial charge in [0.15, 0.2) is 0 Å². The van der Waals surface area contributed by atoms with E-state index in [0.717, 1.165) is 24.1 Å². The average molecular weight is 806 g/mol. The molecule has 7 rings (SSSR count). The van der Waals surface area contributed by atoms with Gasteiger partial charge in [-0.05, 0) is 76.0 Å². The number of hydrogen-bond acceptors (Lipinski definition) is 5. The minimum atomic E-state index is 0.519. The Morgan fingerprint density at radius 2 is 1.12 bits per heavy atom. The second-order valence-corrected chi connectivity index (χ2v) is 18.0. The molecule has 5 heteroatoms. The molecule has 1 saturated carbocycles. The third-order valence-electron chi connectivity index (χ3n) is 9.77. The summed E-state index contributed by atoms with van der Waals surface area (Å²) in [5.41, 5.74) is 5.51. The van der Waals surface area contributed by atoms with E-state index in [9.17, 15) is 0 Å². The lowest BCUT2D eigenvalue weighted by atomic mass is 9.78. The highest BCUT2D eigenvalue weighted by Gasteiger charge is 2.19. The van der Waals surface area contributed by atoms with Crippen LogP contribution < -0.4 is 0 Å². The Hall–Kier alpha value is -4.09. The quantitative estimate of drug-likeness (QED) is 0.165. The molecular weight excluding hydrogens is 727 g/mol. The monoisotopic (exact) mass is 806 g/mol. The summed E-state index contributed by atoms with van der Waals surface area (Å²) in [7, 11) is 0. The van der Waals surface area contributed by atoms with Crippen LogP contribution in [0.3, 0.4) is 0 Å². The third-order valence-corrected chi connectivity index (χ3v) is 10.8. The van der Waals surface area contributed by atoms with Gasteiger partial charge in [0.2, 0.25) is 0 Å². The summed E-state index contributed by atoms with van der Waals surface area (Å²) < 4.78 is 5.09. The standard InChI is InChI=1S/2C9H12.C8H11N.C7H11N.C7H10O.C7H14.C6H9NS/c2*1-8(2)9-6-4-3-5-7-9;1-7(2)8-4-3-5-9-6-8;1-6(2)7-3-4-8-5-7;1-6(2)7-4-3-5-8-7;1-6(2)7-4-3-5-7;1-5(2)6-7-3-4-8-6/h2*3-8H,1-2H3;3-7H,1-2H3;3,5-6H,4H2,1-2H3;3-6H,1-2H3;6-7H,3-5H2,1-2H3;3-5H,1-2H3. The number of hydrogen-bond donors (Lipinski definition) is 0. The van der Waals surface area contributed by atoms with E-state index >= 15 is 0 Å². The lowest BCUT2D eigenvalue weighted by Gasteiger charge is -2.28. The molecule has 1 aliphatic carbocycles. The summed E-state index contributed by atoms with van der Waals surface area (Å²) in [5.74, 6) is 6.77. The number of pyridine rings is 1. The summed E-state index contributed by atoms with van der Waals surface area (Å²) in [5, 5.41) is 3.24. The molecule has 0 saturated heterocycles. The van der Waals surface area contributed by atoms with Crippen LogP contribution in [0, 0.1) is 17.8 Å². The molecule has 0 unspecified atom stereocenters. The number of aliphatic imine (C=N–C) groups is 1. The largest absolute Gasteiger partial charge is 0.469 e. The van der Waals surface area contributed by atoms with Crippen molar-refractivity contribution >= 4 is 17.6 Å². The number of aromatic nitrogens is 2. The topological polar surface area (TPSA) is 51.3 Å². The van der Waals surface area contributed by atoms with Crippen LogP contribution in [0.1, 0.15) is 173 Å². The molecule has 4 heterocycles. The summed E-state index contributed by atoms with van der Waals surface area (Å²) in [6, 6.07) is 29.0. The second kappa shape index (κ2) is 30.9. The summed E-state index contributed by atoms with van der Waals surface area (Å²) in [6.07, 6.45) is 15.9. The Morgan fingerprint density at radius 3 is 1.33 bits per heavy atom. The van der Waals surface area contributed by atoms with Gasteiger partial charge in [-0.15, -0.1) is 11.3 Å². The predicted molar refractivity (Wildman–Crippen MR) is 257 cm³/mol. The minimum absolute atomic E-state index is 0.519. The molecule has 1 aliphatic heterocycles. The molecule has 4 nitrogen and oxygen atoms in total. The van der Waals surface area contributed by atoms with Crippen LogP contribution in [-0.4, -0.2) is 22.7 Å². The summed E-state index contributed by atoms with van der Waals surface area (Å²) in [6.45, 7) is 31.6. The molecule has 0 atom stereocenters. The van der Waals surface area contributed by atoms with Gasteiger partial charge in [-0.25, -0.2) is 4.98 Å². The van der Waals surface area contributed by atoms with Crippen LogP contribution in [-0.2, 0) is 0 Å². The molecule has 3 aromatic heterocycles. The fourth-order valence-corrected chi connectivity index (χ4v) is 6.05. The highest BCUT2D eigenvalue weighted by atomic mass is 32.1. The van der Waals surface area contributed by atoms with Crippen molar-refractivity contribution in [3.8, 4) is 0 Å². The van der Waals surface area contributed by atoms with Gasteiger partial charge < -0.3 is 4.42 Å². The number of rotatable bonds is 7. The lowest BCUT2D eigenvalue weighted by Crippen LogP contribution is -2.16. The van der Waals surface area contributed by atoms with Crippen LogP contribution >= 0.6 is 11.3 Å².